The normalized spacial score (nSPS) is 15.5. The molecule has 25 heavy (non-hydrogen) atoms. The van der Waals surface area contributed by atoms with Gasteiger partial charge in [-0.3, -0.25) is 4.79 Å². The molecule has 0 radical (unpaired) electrons. The van der Waals surface area contributed by atoms with E-state index in [1.165, 1.54) is 5.01 Å². The average Bonchev–Trinajstić information content (AvgIpc) is 2.90. The summed E-state index contributed by atoms with van der Waals surface area (Å²) >= 11 is 0. The second-order valence-corrected chi connectivity index (χ2v) is 5.80. The first-order valence-corrected chi connectivity index (χ1v) is 7.94. The van der Waals surface area contributed by atoms with Crippen LogP contribution < -0.4 is 14.5 Å². The zero-order chi connectivity index (χ0) is 18.0. The zero-order valence-electron chi connectivity index (χ0n) is 14.7. The van der Waals surface area contributed by atoms with E-state index in [-0.39, 0.29) is 5.91 Å². The molecule has 0 saturated carbocycles. The van der Waals surface area contributed by atoms with E-state index in [9.17, 15) is 4.79 Å². The first kappa shape index (κ1) is 16.8. The number of hydrogen-bond acceptors (Lipinski definition) is 4. The van der Waals surface area contributed by atoms with Crippen LogP contribution in [0.1, 0.15) is 18.1 Å². The average molecular weight is 336 g/mol. The summed E-state index contributed by atoms with van der Waals surface area (Å²) < 4.78 is 10.6. The molecule has 0 atom stereocenters. The number of amides is 1. The van der Waals surface area contributed by atoms with E-state index in [1.807, 2.05) is 56.3 Å². The Hall–Kier alpha value is -3.08. The number of rotatable bonds is 4. The molecule has 0 saturated heterocycles. The van der Waals surface area contributed by atoms with Crippen LogP contribution in [0.3, 0.4) is 0 Å². The third-order valence-electron chi connectivity index (χ3n) is 4.08. The van der Waals surface area contributed by atoms with Gasteiger partial charge < -0.3 is 9.47 Å². The number of anilines is 1. The predicted molar refractivity (Wildman–Crippen MR) is 99.3 cm³/mol. The minimum Gasteiger partial charge on any atom is -0.497 e. The second-order valence-electron chi connectivity index (χ2n) is 5.80. The Morgan fingerprint density at radius 3 is 2.36 bits per heavy atom. The second kappa shape index (κ2) is 6.81. The van der Waals surface area contributed by atoms with Crippen LogP contribution in [0, 0.1) is 6.92 Å². The molecule has 1 aliphatic heterocycles. The highest BCUT2D eigenvalue weighted by atomic mass is 16.5. The molecule has 3 rings (SSSR count). The topological polar surface area (TPSA) is 51.1 Å². The molecule has 128 valence electrons. The highest BCUT2D eigenvalue weighted by Gasteiger charge is 2.29. The highest BCUT2D eigenvalue weighted by Crippen LogP contribution is 2.30. The van der Waals surface area contributed by atoms with Crippen molar-refractivity contribution in [3.63, 3.8) is 0 Å². The van der Waals surface area contributed by atoms with E-state index < -0.39 is 0 Å². The fourth-order valence-corrected chi connectivity index (χ4v) is 2.65. The predicted octanol–water partition coefficient (Wildman–Crippen LogP) is 3.82. The molecular formula is C20H20N2O3. The van der Waals surface area contributed by atoms with Gasteiger partial charge in [0.1, 0.15) is 11.5 Å². The number of benzene rings is 2. The van der Waals surface area contributed by atoms with Crippen molar-refractivity contribution < 1.29 is 14.3 Å². The van der Waals surface area contributed by atoms with Gasteiger partial charge in [0.25, 0.3) is 5.91 Å². The quantitative estimate of drug-likeness (QED) is 0.798. The number of methoxy groups -OCH3 is 2. The van der Waals surface area contributed by atoms with Gasteiger partial charge in [-0.2, -0.15) is 10.1 Å². The van der Waals surface area contributed by atoms with Gasteiger partial charge in [0, 0.05) is 5.56 Å². The lowest BCUT2D eigenvalue weighted by Gasteiger charge is -2.12. The molecule has 1 heterocycles. The van der Waals surface area contributed by atoms with Crippen LogP contribution in [0.4, 0.5) is 5.69 Å². The van der Waals surface area contributed by atoms with Crippen LogP contribution in [-0.2, 0) is 4.79 Å². The van der Waals surface area contributed by atoms with Gasteiger partial charge in [0.05, 0.1) is 31.2 Å². The molecule has 0 aliphatic carbocycles. The number of hydrazone groups is 1. The molecule has 0 aromatic heterocycles. The van der Waals surface area contributed by atoms with Crippen LogP contribution in [-0.4, -0.2) is 25.8 Å². The van der Waals surface area contributed by atoms with Crippen molar-refractivity contribution in [2.45, 2.75) is 13.8 Å². The van der Waals surface area contributed by atoms with Crippen LogP contribution >= 0.6 is 0 Å². The highest BCUT2D eigenvalue weighted by molar-refractivity contribution is 6.32. The zero-order valence-corrected chi connectivity index (χ0v) is 14.7. The summed E-state index contributed by atoms with van der Waals surface area (Å²) in [7, 11) is 3.20. The molecule has 5 heteroatoms. The molecule has 0 N–H and O–H groups in total. The summed E-state index contributed by atoms with van der Waals surface area (Å²) in [5.41, 5.74) is 3.84. The maximum atomic E-state index is 12.8. The summed E-state index contributed by atoms with van der Waals surface area (Å²) in [6, 6.07) is 13.2. The summed E-state index contributed by atoms with van der Waals surface area (Å²) in [5.74, 6) is 1.21. The lowest BCUT2D eigenvalue weighted by molar-refractivity contribution is -0.114. The Labute approximate surface area is 147 Å². The molecule has 0 spiro atoms. The maximum absolute atomic E-state index is 12.8. The number of carbonyl (C=O) groups excluding carboxylic acids is 1. The van der Waals surface area contributed by atoms with Crippen LogP contribution in [0.2, 0.25) is 0 Å². The summed E-state index contributed by atoms with van der Waals surface area (Å²) in [5, 5.41) is 5.83. The van der Waals surface area contributed by atoms with Crippen LogP contribution in [0.25, 0.3) is 6.08 Å². The molecule has 2 aromatic rings. The summed E-state index contributed by atoms with van der Waals surface area (Å²) in [6.45, 7) is 3.83. The Bertz CT molecular complexity index is 867. The lowest BCUT2D eigenvalue weighted by Crippen LogP contribution is -2.21. The summed E-state index contributed by atoms with van der Waals surface area (Å²) in [6.07, 6.45) is 1.79. The fraction of sp³-hybridized carbons (Fsp3) is 0.200. The molecular weight excluding hydrogens is 316 g/mol. The molecule has 0 fully saturated rings. The molecule has 2 aromatic carbocycles. The Kier molecular flexibility index (Phi) is 4.57. The van der Waals surface area contributed by atoms with E-state index in [0.717, 1.165) is 16.8 Å². The SMILES string of the molecule is COc1ccc(OC)c(/C=C2/C(=O)N(c3ccc(C)cc3)N=C2C)c1. The Morgan fingerprint density at radius 2 is 1.72 bits per heavy atom. The first-order chi connectivity index (χ1) is 12.0. The molecule has 0 bridgehead atoms. The molecule has 5 nitrogen and oxygen atoms in total. The monoisotopic (exact) mass is 336 g/mol. The maximum Gasteiger partial charge on any atom is 0.280 e. The lowest BCUT2D eigenvalue weighted by atomic mass is 10.1. The van der Waals surface area contributed by atoms with Gasteiger partial charge in [0.15, 0.2) is 0 Å². The minimum atomic E-state index is -0.161. The number of hydrogen-bond donors (Lipinski definition) is 0. The van der Waals surface area contributed by atoms with E-state index in [2.05, 4.69) is 5.10 Å². The van der Waals surface area contributed by atoms with E-state index >= 15 is 0 Å². The van der Waals surface area contributed by atoms with E-state index in [1.54, 1.807) is 20.3 Å². The number of aryl methyl sites for hydroxylation is 1. The fourth-order valence-electron chi connectivity index (χ4n) is 2.65. The third kappa shape index (κ3) is 3.26. The van der Waals surface area contributed by atoms with Crippen LogP contribution in [0.15, 0.2) is 53.1 Å². The minimum absolute atomic E-state index is 0.161. The van der Waals surface area contributed by atoms with Gasteiger partial charge in [-0.05, 0) is 50.3 Å². The largest absolute Gasteiger partial charge is 0.497 e. The molecule has 1 aliphatic rings. The number of nitrogens with zero attached hydrogens (tertiary/aromatic N) is 2. The van der Waals surface area contributed by atoms with Crippen molar-refractivity contribution in [2.24, 2.45) is 5.10 Å². The summed E-state index contributed by atoms with van der Waals surface area (Å²) in [4.78, 5) is 12.8. The molecule has 0 unspecified atom stereocenters. The smallest absolute Gasteiger partial charge is 0.280 e. The van der Waals surface area contributed by atoms with Gasteiger partial charge in [-0.15, -0.1) is 0 Å². The molecule has 1 amide bonds. The Morgan fingerprint density at radius 1 is 1.00 bits per heavy atom. The van der Waals surface area contributed by atoms with Crippen LogP contribution in [0.5, 0.6) is 11.5 Å². The van der Waals surface area contributed by atoms with Crippen molar-refractivity contribution in [2.75, 3.05) is 19.2 Å². The first-order valence-electron chi connectivity index (χ1n) is 7.94. The van der Waals surface area contributed by atoms with Crippen molar-refractivity contribution in [1.82, 2.24) is 0 Å². The Balaban J connectivity index is 1.99. The van der Waals surface area contributed by atoms with Crippen molar-refractivity contribution >= 4 is 23.4 Å². The van der Waals surface area contributed by atoms with Crippen molar-refractivity contribution in [3.8, 4) is 11.5 Å². The van der Waals surface area contributed by atoms with Gasteiger partial charge in [-0.1, -0.05) is 17.7 Å². The van der Waals surface area contributed by atoms with Gasteiger partial charge >= 0.3 is 0 Å². The number of ether oxygens (including phenoxy) is 2. The standard InChI is InChI=1S/C20H20N2O3/c1-13-5-7-16(8-6-13)22-20(23)18(14(2)21-22)12-15-11-17(24-3)9-10-19(15)25-4/h5-12H,1-4H3/b18-12+. The number of carbonyl (C=O) groups is 1. The van der Waals surface area contributed by atoms with Gasteiger partial charge in [-0.25, -0.2) is 0 Å². The van der Waals surface area contributed by atoms with E-state index in [0.29, 0.717) is 22.8 Å². The van der Waals surface area contributed by atoms with Crippen molar-refractivity contribution in [1.29, 1.82) is 0 Å². The van der Waals surface area contributed by atoms with E-state index in [4.69, 9.17) is 9.47 Å². The van der Waals surface area contributed by atoms with Gasteiger partial charge in [0.2, 0.25) is 0 Å². The third-order valence-corrected chi connectivity index (χ3v) is 4.08. The van der Waals surface area contributed by atoms with Crippen molar-refractivity contribution in [3.05, 3.63) is 59.2 Å².